The van der Waals surface area contributed by atoms with E-state index in [4.69, 9.17) is 0 Å². The second-order valence-electron chi connectivity index (χ2n) is 4.61. The lowest BCUT2D eigenvalue weighted by Gasteiger charge is -2.17. The maximum atomic E-state index is 11.4. The lowest BCUT2D eigenvalue weighted by atomic mass is 10.1. The van der Waals surface area contributed by atoms with Crippen molar-refractivity contribution in [1.82, 2.24) is 15.1 Å². The lowest BCUT2D eigenvalue weighted by molar-refractivity contribution is 0.401. The minimum absolute atomic E-state index is 0.285. The highest BCUT2D eigenvalue weighted by Gasteiger charge is 2.12. The average molecular weight is 273 g/mol. The second kappa shape index (κ2) is 6.89. The molecular weight excluding hydrogens is 250 g/mol. The van der Waals surface area contributed by atoms with Gasteiger partial charge in [-0.3, -0.25) is 4.68 Å². The zero-order valence-electron chi connectivity index (χ0n) is 11.4. The predicted octanol–water partition coefficient (Wildman–Crippen LogP) is 1.45. The van der Waals surface area contributed by atoms with Crippen LogP contribution in [0.25, 0.3) is 0 Å². The van der Waals surface area contributed by atoms with E-state index in [2.05, 4.69) is 24.3 Å². The number of nitrogens with zero attached hydrogens (tertiary/aromatic N) is 2. The fourth-order valence-electron chi connectivity index (χ4n) is 1.82. The Labute approximate surface area is 109 Å². The molecule has 1 N–H and O–H groups in total. The molecule has 0 saturated carbocycles. The van der Waals surface area contributed by atoms with Crippen LogP contribution < -0.4 is 5.32 Å². The zero-order valence-corrected chi connectivity index (χ0v) is 12.2. The van der Waals surface area contributed by atoms with Crippen LogP contribution in [-0.4, -0.2) is 37.0 Å². The first-order valence-corrected chi connectivity index (χ1v) is 8.32. The van der Waals surface area contributed by atoms with Crippen molar-refractivity contribution < 1.29 is 8.42 Å². The van der Waals surface area contributed by atoms with Gasteiger partial charge in [0, 0.05) is 18.5 Å². The molecule has 1 rings (SSSR count). The molecule has 104 valence electrons. The van der Waals surface area contributed by atoms with E-state index < -0.39 is 9.84 Å². The van der Waals surface area contributed by atoms with Crippen LogP contribution in [0.4, 0.5) is 0 Å². The second-order valence-corrected chi connectivity index (χ2v) is 6.63. The molecule has 1 heterocycles. The average Bonchev–Trinajstić information content (AvgIpc) is 2.74. The first-order chi connectivity index (χ1) is 8.47. The minimum Gasteiger partial charge on any atom is -0.312 e. The lowest BCUT2D eigenvalue weighted by Crippen LogP contribution is -2.33. The van der Waals surface area contributed by atoms with Gasteiger partial charge >= 0.3 is 0 Å². The first-order valence-electron chi connectivity index (χ1n) is 6.43. The maximum absolute atomic E-state index is 11.4. The normalized spacial score (nSPS) is 13.7. The Kier molecular flexibility index (Phi) is 5.81. The number of sulfone groups is 1. The number of hydrogen-bond donors (Lipinski definition) is 1. The van der Waals surface area contributed by atoms with Gasteiger partial charge in [-0.2, -0.15) is 5.10 Å². The van der Waals surface area contributed by atoms with Crippen LogP contribution in [0.15, 0.2) is 17.3 Å². The predicted molar refractivity (Wildman–Crippen MR) is 72.3 cm³/mol. The van der Waals surface area contributed by atoms with Crippen molar-refractivity contribution in [2.24, 2.45) is 0 Å². The Bertz CT molecular complexity index is 454. The van der Waals surface area contributed by atoms with Crippen LogP contribution in [-0.2, 0) is 16.4 Å². The maximum Gasteiger partial charge on any atom is 0.178 e. The zero-order chi connectivity index (χ0) is 13.6. The van der Waals surface area contributed by atoms with E-state index in [9.17, 15) is 8.42 Å². The topological polar surface area (TPSA) is 64.0 Å². The highest BCUT2D eigenvalue weighted by molar-refractivity contribution is 7.90. The van der Waals surface area contributed by atoms with E-state index in [1.54, 1.807) is 10.9 Å². The molecule has 5 nitrogen and oxygen atoms in total. The van der Waals surface area contributed by atoms with Gasteiger partial charge in [-0.1, -0.05) is 20.3 Å². The van der Waals surface area contributed by atoms with Gasteiger partial charge in [0.05, 0.1) is 12.7 Å². The molecule has 0 fully saturated rings. The van der Waals surface area contributed by atoms with Crippen molar-refractivity contribution >= 4 is 9.84 Å². The van der Waals surface area contributed by atoms with E-state index in [0.29, 0.717) is 12.6 Å². The summed E-state index contributed by atoms with van der Waals surface area (Å²) in [5.41, 5.74) is 0. The van der Waals surface area contributed by atoms with Crippen LogP contribution in [0.3, 0.4) is 0 Å². The Morgan fingerprint density at radius 1 is 1.39 bits per heavy atom. The van der Waals surface area contributed by atoms with Gasteiger partial charge in [-0.15, -0.1) is 0 Å². The fraction of sp³-hybridized carbons (Fsp3) is 0.750. The summed E-state index contributed by atoms with van der Waals surface area (Å²) in [5, 5.41) is 7.57. The molecule has 18 heavy (non-hydrogen) atoms. The van der Waals surface area contributed by atoms with Crippen molar-refractivity contribution in [3.8, 4) is 0 Å². The van der Waals surface area contributed by atoms with Crippen molar-refractivity contribution in [3.63, 3.8) is 0 Å². The standard InChI is InChI=1S/C12H23N3O2S/c1-4-6-11(13-7-5-2)9-15-10-12(8-14-15)18(3,16)17/h8,10-11,13H,4-7,9H2,1-3H3. The molecule has 6 heteroatoms. The fourth-order valence-corrected chi connectivity index (χ4v) is 2.37. The summed E-state index contributed by atoms with van der Waals surface area (Å²) in [6.45, 7) is 5.96. The van der Waals surface area contributed by atoms with Crippen LogP contribution >= 0.6 is 0 Å². The molecule has 1 aromatic rings. The van der Waals surface area contributed by atoms with Crippen molar-refractivity contribution in [2.45, 2.75) is 50.6 Å². The van der Waals surface area contributed by atoms with Gasteiger partial charge < -0.3 is 5.32 Å². The van der Waals surface area contributed by atoms with E-state index in [-0.39, 0.29) is 4.90 Å². The Morgan fingerprint density at radius 3 is 2.61 bits per heavy atom. The largest absolute Gasteiger partial charge is 0.312 e. The van der Waals surface area contributed by atoms with Crippen molar-refractivity contribution in [2.75, 3.05) is 12.8 Å². The molecule has 1 aromatic heterocycles. The van der Waals surface area contributed by atoms with Crippen LogP contribution in [0.2, 0.25) is 0 Å². The van der Waals surface area contributed by atoms with Gasteiger partial charge in [0.25, 0.3) is 0 Å². The summed E-state index contributed by atoms with van der Waals surface area (Å²) in [4.78, 5) is 0.285. The molecule has 0 aliphatic rings. The quantitative estimate of drug-likeness (QED) is 0.779. The van der Waals surface area contributed by atoms with Gasteiger partial charge in [0.1, 0.15) is 4.90 Å². The number of rotatable bonds is 8. The third-order valence-electron chi connectivity index (χ3n) is 2.77. The van der Waals surface area contributed by atoms with Crippen LogP contribution in [0.5, 0.6) is 0 Å². The Hall–Kier alpha value is -0.880. The summed E-state index contributed by atoms with van der Waals surface area (Å²) in [6, 6.07) is 0.349. The van der Waals surface area contributed by atoms with Crippen LogP contribution in [0, 0.1) is 0 Å². The molecular formula is C12H23N3O2S. The molecule has 0 bridgehead atoms. The smallest absolute Gasteiger partial charge is 0.178 e. The molecule has 1 unspecified atom stereocenters. The Balaban J connectivity index is 2.66. The molecule has 0 spiro atoms. The number of nitrogens with one attached hydrogen (secondary N) is 1. The van der Waals surface area contributed by atoms with Crippen molar-refractivity contribution in [3.05, 3.63) is 12.4 Å². The van der Waals surface area contributed by atoms with E-state index >= 15 is 0 Å². The molecule has 0 aliphatic heterocycles. The highest BCUT2D eigenvalue weighted by atomic mass is 32.2. The molecule has 0 amide bonds. The van der Waals surface area contributed by atoms with Gasteiger partial charge in [0.2, 0.25) is 0 Å². The highest BCUT2D eigenvalue weighted by Crippen LogP contribution is 2.08. The van der Waals surface area contributed by atoms with Crippen LogP contribution in [0.1, 0.15) is 33.1 Å². The van der Waals surface area contributed by atoms with Gasteiger partial charge in [-0.05, 0) is 19.4 Å². The third-order valence-corrected chi connectivity index (χ3v) is 3.83. The molecule has 0 radical (unpaired) electrons. The summed E-state index contributed by atoms with van der Waals surface area (Å²) in [6.07, 6.45) is 7.47. The van der Waals surface area contributed by atoms with E-state index in [1.165, 1.54) is 12.5 Å². The molecule has 0 aliphatic carbocycles. The summed E-state index contributed by atoms with van der Waals surface area (Å²) >= 11 is 0. The van der Waals surface area contributed by atoms with E-state index in [0.717, 1.165) is 25.8 Å². The van der Waals surface area contributed by atoms with Crippen molar-refractivity contribution in [1.29, 1.82) is 0 Å². The van der Waals surface area contributed by atoms with Gasteiger partial charge in [-0.25, -0.2) is 8.42 Å². The monoisotopic (exact) mass is 273 g/mol. The molecule has 0 aromatic carbocycles. The summed E-state index contributed by atoms with van der Waals surface area (Å²) in [5.74, 6) is 0. The van der Waals surface area contributed by atoms with E-state index in [1.807, 2.05) is 0 Å². The summed E-state index contributed by atoms with van der Waals surface area (Å²) in [7, 11) is -3.15. The SMILES string of the molecule is CCCNC(CCC)Cn1cc(S(C)(=O)=O)cn1. The van der Waals surface area contributed by atoms with Gasteiger partial charge in [0.15, 0.2) is 9.84 Å². The number of hydrogen-bond acceptors (Lipinski definition) is 4. The Morgan fingerprint density at radius 2 is 2.11 bits per heavy atom. The summed E-state index contributed by atoms with van der Waals surface area (Å²) < 4.78 is 24.4. The molecule has 0 saturated heterocycles. The number of aromatic nitrogens is 2. The molecule has 1 atom stereocenters. The third kappa shape index (κ3) is 4.78. The minimum atomic E-state index is -3.15. The first kappa shape index (κ1) is 15.2.